The molecule has 0 aromatic rings. The van der Waals surface area contributed by atoms with E-state index in [0.717, 1.165) is 5.75 Å². The molecule has 0 bridgehead atoms. The Balaban J connectivity index is 3.32. The Hall–Kier alpha value is -0.360. The molecule has 1 unspecified atom stereocenters. The largest absolute Gasteiger partial charge is 0.480 e. The van der Waals surface area contributed by atoms with E-state index in [2.05, 4.69) is 12.2 Å². The van der Waals surface area contributed by atoms with Gasteiger partial charge in [0.05, 0.1) is 0 Å². The van der Waals surface area contributed by atoms with Gasteiger partial charge in [0, 0.05) is 18.4 Å². The summed E-state index contributed by atoms with van der Waals surface area (Å²) in [5, 5.41) is 11.4. The number of unbranched alkanes of at least 4 members (excludes halogenated alkanes) is 9. The van der Waals surface area contributed by atoms with Crippen molar-refractivity contribution in [3.8, 4) is 0 Å². The van der Waals surface area contributed by atoms with Crippen LogP contribution in [0.15, 0.2) is 0 Å². The van der Waals surface area contributed by atoms with Gasteiger partial charge in [-0.2, -0.15) is 0 Å². The number of amides is 1. The van der Waals surface area contributed by atoms with Gasteiger partial charge in [-0.05, 0) is 6.42 Å². The van der Waals surface area contributed by atoms with E-state index in [0.29, 0.717) is 5.75 Å². The summed E-state index contributed by atoms with van der Waals surface area (Å²) in [5.41, 5.74) is 0. The molecule has 0 aromatic carbocycles. The van der Waals surface area contributed by atoms with Gasteiger partial charge in [-0.3, -0.25) is 4.79 Å². The summed E-state index contributed by atoms with van der Waals surface area (Å²) in [5.74, 6) is 0.204. The smallest absolute Gasteiger partial charge is 0.327 e. The summed E-state index contributed by atoms with van der Waals surface area (Å²) in [6, 6.07) is -0.780. The number of carbonyl (C=O) groups excluding carboxylic acids is 1. The maximum absolute atomic E-state index is 10.9. The van der Waals surface area contributed by atoms with Crippen molar-refractivity contribution in [3.63, 3.8) is 0 Å². The molecule has 0 aliphatic carbocycles. The van der Waals surface area contributed by atoms with Crippen LogP contribution in [-0.4, -0.2) is 34.5 Å². The standard InChI is InChI=1S/C17H33NO3S2/c1-3-4-5-6-7-8-9-10-11-12-13-22-23-14-16(17(20)21)18-15(2)19/h16H,3-14H2,1-2H3,(H,18,19)(H,20,21). The van der Waals surface area contributed by atoms with Crippen LogP contribution >= 0.6 is 21.6 Å². The lowest BCUT2D eigenvalue weighted by molar-refractivity contribution is -0.140. The highest BCUT2D eigenvalue weighted by Gasteiger charge is 2.17. The first-order valence-electron chi connectivity index (χ1n) is 8.82. The third-order valence-corrected chi connectivity index (χ3v) is 6.07. The van der Waals surface area contributed by atoms with Crippen molar-refractivity contribution in [3.05, 3.63) is 0 Å². The van der Waals surface area contributed by atoms with Crippen LogP contribution in [0.25, 0.3) is 0 Å². The summed E-state index contributed by atoms with van der Waals surface area (Å²) in [7, 11) is 3.24. The Kier molecular flexibility index (Phi) is 16.2. The van der Waals surface area contributed by atoms with Gasteiger partial charge >= 0.3 is 5.97 Å². The van der Waals surface area contributed by atoms with Gasteiger partial charge in [0.2, 0.25) is 5.91 Å². The number of nitrogens with one attached hydrogen (secondary N) is 1. The molecule has 0 rings (SSSR count). The molecule has 6 heteroatoms. The van der Waals surface area contributed by atoms with E-state index in [-0.39, 0.29) is 5.91 Å². The SMILES string of the molecule is CCCCCCCCCCCCSSCC(NC(C)=O)C(=O)O. The molecule has 0 heterocycles. The monoisotopic (exact) mass is 363 g/mol. The van der Waals surface area contributed by atoms with Crippen molar-refractivity contribution < 1.29 is 14.7 Å². The van der Waals surface area contributed by atoms with Gasteiger partial charge < -0.3 is 10.4 Å². The summed E-state index contributed by atoms with van der Waals surface area (Å²) >= 11 is 0. The van der Waals surface area contributed by atoms with E-state index >= 15 is 0 Å². The number of aliphatic carboxylic acids is 1. The van der Waals surface area contributed by atoms with Crippen molar-refractivity contribution in [1.29, 1.82) is 0 Å². The molecule has 0 radical (unpaired) electrons. The summed E-state index contributed by atoms with van der Waals surface area (Å²) < 4.78 is 0. The molecule has 0 aromatic heterocycles. The molecule has 0 spiro atoms. The summed E-state index contributed by atoms with van der Waals surface area (Å²) in [4.78, 5) is 21.8. The molecule has 1 amide bonds. The minimum Gasteiger partial charge on any atom is -0.480 e. The first-order chi connectivity index (χ1) is 11.1. The minimum absolute atomic E-state index is 0.294. The molecule has 0 aliphatic heterocycles. The normalized spacial score (nSPS) is 12.1. The van der Waals surface area contributed by atoms with Crippen LogP contribution < -0.4 is 5.32 Å². The lowest BCUT2D eigenvalue weighted by atomic mass is 10.1. The van der Waals surface area contributed by atoms with Crippen LogP contribution in [0.2, 0.25) is 0 Å². The average molecular weight is 364 g/mol. The zero-order chi connectivity index (χ0) is 17.3. The molecule has 4 nitrogen and oxygen atoms in total. The summed E-state index contributed by atoms with van der Waals surface area (Å²) in [6.45, 7) is 3.59. The number of hydrogen-bond acceptors (Lipinski definition) is 4. The van der Waals surface area contributed by atoms with Crippen molar-refractivity contribution in [2.75, 3.05) is 11.5 Å². The molecular weight excluding hydrogens is 330 g/mol. The highest BCUT2D eigenvalue weighted by Crippen LogP contribution is 2.24. The van der Waals surface area contributed by atoms with Crippen LogP contribution in [0.4, 0.5) is 0 Å². The van der Waals surface area contributed by atoms with Gasteiger partial charge in [-0.25, -0.2) is 4.79 Å². The number of carbonyl (C=O) groups is 2. The second-order valence-corrected chi connectivity index (χ2v) is 8.51. The highest BCUT2D eigenvalue weighted by molar-refractivity contribution is 8.76. The molecule has 23 heavy (non-hydrogen) atoms. The maximum Gasteiger partial charge on any atom is 0.327 e. The van der Waals surface area contributed by atoms with Crippen molar-refractivity contribution >= 4 is 33.5 Å². The van der Waals surface area contributed by atoms with E-state index in [9.17, 15) is 9.59 Å². The van der Waals surface area contributed by atoms with Crippen molar-refractivity contribution in [1.82, 2.24) is 5.32 Å². The van der Waals surface area contributed by atoms with E-state index < -0.39 is 12.0 Å². The molecule has 136 valence electrons. The van der Waals surface area contributed by atoms with E-state index in [4.69, 9.17) is 5.11 Å². The highest BCUT2D eigenvalue weighted by atomic mass is 33.1. The Morgan fingerprint density at radius 3 is 1.91 bits per heavy atom. The molecule has 0 fully saturated rings. The maximum atomic E-state index is 10.9. The Morgan fingerprint density at radius 2 is 1.43 bits per heavy atom. The zero-order valence-corrected chi connectivity index (χ0v) is 16.3. The number of hydrogen-bond donors (Lipinski definition) is 2. The third kappa shape index (κ3) is 16.3. The Labute approximate surface area is 149 Å². The van der Waals surface area contributed by atoms with Gasteiger partial charge in [0.1, 0.15) is 6.04 Å². The minimum atomic E-state index is -0.966. The first kappa shape index (κ1) is 22.6. The van der Waals surface area contributed by atoms with E-state index in [1.807, 2.05) is 0 Å². The summed E-state index contributed by atoms with van der Waals surface area (Å²) in [6.07, 6.45) is 13.3. The molecule has 0 saturated carbocycles. The molecule has 0 aliphatic rings. The quantitative estimate of drug-likeness (QED) is 0.302. The third-order valence-electron chi connectivity index (χ3n) is 3.57. The lowest BCUT2D eigenvalue weighted by Gasteiger charge is -2.12. The van der Waals surface area contributed by atoms with Gasteiger partial charge in [0.25, 0.3) is 0 Å². The van der Waals surface area contributed by atoms with Gasteiger partial charge in [-0.1, -0.05) is 86.3 Å². The second kappa shape index (κ2) is 16.5. The first-order valence-corrected chi connectivity index (χ1v) is 11.3. The van der Waals surface area contributed by atoms with Crippen LogP contribution in [0.3, 0.4) is 0 Å². The number of carboxylic acids is 1. The zero-order valence-electron chi connectivity index (χ0n) is 14.6. The Morgan fingerprint density at radius 1 is 0.913 bits per heavy atom. The molecule has 2 N–H and O–H groups in total. The van der Waals surface area contributed by atoms with Gasteiger partial charge in [0.15, 0.2) is 0 Å². The fourth-order valence-corrected chi connectivity index (χ4v) is 4.55. The predicted octanol–water partition coefficient (Wildman–Crippen LogP) is 4.88. The average Bonchev–Trinajstić information content (AvgIpc) is 2.50. The fraction of sp³-hybridized carbons (Fsp3) is 0.882. The topological polar surface area (TPSA) is 66.4 Å². The van der Waals surface area contributed by atoms with Crippen LogP contribution in [0.1, 0.15) is 78.1 Å². The molecule has 0 saturated heterocycles. The second-order valence-electron chi connectivity index (χ2n) is 5.88. The van der Waals surface area contributed by atoms with Crippen LogP contribution in [-0.2, 0) is 9.59 Å². The molecule has 1 atom stereocenters. The van der Waals surface area contributed by atoms with Crippen molar-refractivity contribution in [2.45, 2.75) is 84.1 Å². The lowest BCUT2D eigenvalue weighted by Crippen LogP contribution is -2.41. The van der Waals surface area contributed by atoms with Crippen LogP contribution in [0.5, 0.6) is 0 Å². The van der Waals surface area contributed by atoms with E-state index in [1.165, 1.54) is 81.9 Å². The van der Waals surface area contributed by atoms with Crippen LogP contribution in [0, 0.1) is 0 Å². The molecular formula is C17H33NO3S2. The van der Waals surface area contributed by atoms with Crippen molar-refractivity contribution in [2.24, 2.45) is 0 Å². The predicted molar refractivity (Wildman–Crippen MR) is 102 cm³/mol. The number of carboxylic acid groups (broad SMARTS) is 1. The Bertz CT molecular complexity index is 314. The fourth-order valence-electron chi connectivity index (χ4n) is 2.24. The van der Waals surface area contributed by atoms with Gasteiger partial charge in [-0.15, -0.1) is 0 Å². The van der Waals surface area contributed by atoms with E-state index in [1.54, 1.807) is 10.8 Å². The number of rotatable bonds is 16.